The van der Waals surface area contributed by atoms with Crippen LogP contribution in [0.1, 0.15) is 12.8 Å². The molecule has 14 heavy (non-hydrogen) atoms. The maximum absolute atomic E-state index is 11.2. The fourth-order valence-corrected chi connectivity index (χ4v) is 2.47. The van der Waals surface area contributed by atoms with Crippen molar-refractivity contribution in [3.05, 3.63) is 0 Å². The molecule has 0 unspecified atom stereocenters. The Morgan fingerprint density at radius 1 is 1.50 bits per heavy atom. The molecule has 1 aliphatic heterocycles. The van der Waals surface area contributed by atoms with Crippen LogP contribution in [0.4, 0.5) is 0 Å². The Bertz CT molecular complexity index is 310. The summed E-state index contributed by atoms with van der Waals surface area (Å²) in [6.07, 6.45) is 8.06. The lowest BCUT2D eigenvalue weighted by atomic mass is 10.1. The minimum atomic E-state index is -3.00. The van der Waals surface area contributed by atoms with Gasteiger partial charge in [-0.15, -0.1) is 6.42 Å². The number of sulfonamides is 1. The molecule has 0 aromatic heterocycles. The molecule has 0 atom stereocenters. The van der Waals surface area contributed by atoms with E-state index >= 15 is 0 Å². The molecule has 1 saturated heterocycles. The van der Waals surface area contributed by atoms with Gasteiger partial charge in [0.05, 0.1) is 12.8 Å². The van der Waals surface area contributed by atoms with Crippen LogP contribution in [0.2, 0.25) is 0 Å². The number of rotatable bonds is 3. The van der Waals surface area contributed by atoms with E-state index in [1.807, 2.05) is 0 Å². The summed E-state index contributed by atoms with van der Waals surface area (Å²) in [7, 11) is -3.00. The van der Waals surface area contributed by atoms with Gasteiger partial charge in [0.25, 0.3) is 0 Å². The van der Waals surface area contributed by atoms with Crippen molar-refractivity contribution in [3.8, 4) is 12.3 Å². The Labute approximate surface area is 85.7 Å². The number of nitrogens with one attached hydrogen (secondary N) is 1. The van der Waals surface area contributed by atoms with Gasteiger partial charge in [0.15, 0.2) is 0 Å². The smallest absolute Gasteiger partial charge is 0.211 e. The van der Waals surface area contributed by atoms with Gasteiger partial charge < -0.3 is 5.32 Å². The standard InChI is InChI=1S/C9H16N2O2S/c1-3-6-10-9-4-7-11(8-5-9)14(2,12)13/h1,9-10H,4-8H2,2H3. The molecule has 80 valence electrons. The maximum Gasteiger partial charge on any atom is 0.211 e. The molecule has 0 aliphatic carbocycles. The molecule has 0 saturated carbocycles. The van der Waals surface area contributed by atoms with Crippen molar-refractivity contribution < 1.29 is 8.42 Å². The van der Waals surface area contributed by atoms with Crippen LogP contribution in [-0.4, -0.2) is 44.7 Å². The topological polar surface area (TPSA) is 49.4 Å². The quantitative estimate of drug-likeness (QED) is 0.655. The maximum atomic E-state index is 11.2. The largest absolute Gasteiger partial charge is 0.303 e. The first-order valence-electron chi connectivity index (χ1n) is 4.66. The summed E-state index contributed by atoms with van der Waals surface area (Å²) in [5, 5.41) is 3.19. The van der Waals surface area contributed by atoms with Crippen molar-refractivity contribution in [2.24, 2.45) is 0 Å². The number of piperidine rings is 1. The van der Waals surface area contributed by atoms with Gasteiger partial charge in [0.1, 0.15) is 0 Å². The van der Waals surface area contributed by atoms with E-state index in [0.717, 1.165) is 12.8 Å². The van der Waals surface area contributed by atoms with E-state index in [0.29, 0.717) is 25.7 Å². The second-order valence-corrected chi connectivity index (χ2v) is 5.50. The molecule has 4 nitrogen and oxygen atoms in total. The first kappa shape index (κ1) is 11.5. The zero-order valence-corrected chi connectivity index (χ0v) is 9.18. The third-order valence-electron chi connectivity index (χ3n) is 2.42. The highest BCUT2D eigenvalue weighted by atomic mass is 32.2. The Hall–Kier alpha value is -0.570. The highest BCUT2D eigenvalue weighted by molar-refractivity contribution is 7.88. The fourth-order valence-electron chi connectivity index (χ4n) is 1.59. The van der Waals surface area contributed by atoms with Gasteiger partial charge >= 0.3 is 0 Å². The van der Waals surface area contributed by atoms with Gasteiger partial charge in [-0.1, -0.05) is 5.92 Å². The van der Waals surface area contributed by atoms with E-state index in [9.17, 15) is 8.42 Å². The second-order valence-electron chi connectivity index (χ2n) is 3.52. The minimum absolute atomic E-state index is 0.365. The molecule has 1 fully saturated rings. The van der Waals surface area contributed by atoms with E-state index in [1.54, 1.807) is 0 Å². The van der Waals surface area contributed by atoms with Gasteiger partial charge in [-0.3, -0.25) is 0 Å². The summed E-state index contributed by atoms with van der Waals surface area (Å²) in [5.74, 6) is 2.51. The summed E-state index contributed by atoms with van der Waals surface area (Å²) in [4.78, 5) is 0. The van der Waals surface area contributed by atoms with Crippen LogP contribution in [0, 0.1) is 12.3 Å². The lowest BCUT2D eigenvalue weighted by Gasteiger charge is -2.30. The Kier molecular flexibility index (Phi) is 3.93. The SMILES string of the molecule is C#CCNC1CCN(S(C)(=O)=O)CC1. The second kappa shape index (κ2) is 4.78. The van der Waals surface area contributed by atoms with Crippen LogP contribution in [0.3, 0.4) is 0 Å². The predicted octanol–water partition coefficient (Wildman–Crippen LogP) is -0.367. The van der Waals surface area contributed by atoms with Crippen LogP contribution in [-0.2, 0) is 10.0 Å². The van der Waals surface area contributed by atoms with E-state index in [1.165, 1.54) is 10.6 Å². The number of hydrogen-bond acceptors (Lipinski definition) is 3. The van der Waals surface area contributed by atoms with Gasteiger partial charge in [-0.2, -0.15) is 0 Å². The van der Waals surface area contributed by atoms with Crippen LogP contribution in [0.25, 0.3) is 0 Å². The number of terminal acetylenes is 1. The summed E-state index contributed by atoms with van der Waals surface area (Å²) in [5.41, 5.74) is 0. The molecule has 0 radical (unpaired) electrons. The van der Waals surface area contributed by atoms with Gasteiger partial charge in [-0.05, 0) is 12.8 Å². The molecule has 0 spiro atoms. The summed E-state index contributed by atoms with van der Waals surface area (Å²) < 4.78 is 23.9. The fraction of sp³-hybridized carbons (Fsp3) is 0.778. The Morgan fingerprint density at radius 3 is 2.50 bits per heavy atom. The zero-order chi connectivity index (χ0) is 10.6. The Morgan fingerprint density at radius 2 is 2.07 bits per heavy atom. The molecule has 1 rings (SSSR count). The molecule has 0 aromatic carbocycles. The van der Waals surface area contributed by atoms with Crippen LogP contribution in [0.5, 0.6) is 0 Å². The molecule has 0 aromatic rings. The van der Waals surface area contributed by atoms with Crippen LogP contribution in [0.15, 0.2) is 0 Å². The first-order chi connectivity index (χ1) is 6.54. The molecule has 1 N–H and O–H groups in total. The minimum Gasteiger partial charge on any atom is -0.303 e. The Balaban J connectivity index is 2.36. The molecule has 5 heteroatoms. The van der Waals surface area contributed by atoms with Crippen molar-refractivity contribution in [1.29, 1.82) is 0 Å². The van der Waals surface area contributed by atoms with Crippen molar-refractivity contribution in [2.75, 3.05) is 25.9 Å². The van der Waals surface area contributed by atoms with Crippen molar-refractivity contribution in [3.63, 3.8) is 0 Å². The first-order valence-corrected chi connectivity index (χ1v) is 6.51. The number of hydrogen-bond donors (Lipinski definition) is 1. The van der Waals surface area contributed by atoms with Crippen LogP contribution >= 0.6 is 0 Å². The lowest BCUT2D eigenvalue weighted by molar-refractivity contribution is 0.296. The highest BCUT2D eigenvalue weighted by Crippen LogP contribution is 2.12. The van der Waals surface area contributed by atoms with Crippen molar-refractivity contribution in [1.82, 2.24) is 9.62 Å². The van der Waals surface area contributed by atoms with Gasteiger partial charge in [-0.25, -0.2) is 12.7 Å². The third-order valence-corrected chi connectivity index (χ3v) is 3.72. The zero-order valence-electron chi connectivity index (χ0n) is 8.36. The average molecular weight is 216 g/mol. The van der Waals surface area contributed by atoms with Crippen LogP contribution < -0.4 is 5.32 Å². The summed E-state index contributed by atoms with van der Waals surface area (Å²) in [6.45, 7) is 1.76. The van der Waals surface area contributed by atoms with Crippen molar-refractivity contribution in [2.45, 2.75) is 18.9 Å². The van der Waals surface area contributed by atoms with Gasteiger partial charge in [0.2, 0.25) is 10.0 Å². The van der Waals surface area contributed by atoms with Crippen molar-refractivity contribution >= 4 is 10.0 Å². The normalized spacial score (nSPS) is 20.6. The average Bonchev–Trinajstić information content (AvgIpc) is 2.14. The molecular formula is C9H16N2O2S. The monoisotopic (exact) mass is 216 g/mol. The number of nitrogens with zero attached hydrogens (tertiary/aromatic N) is 1. The third kappa shape index (κ3) is 3.29. The molecule has 0 amide bonds. The van der Waals surface area contributed by atoms with E-state index in [2.05, 4.69) is 11.2 Å². The highest BCUT2D eigenvalue weighted by Gasteiger charge is 2.23. The van der Waals surface area contributed by atoms with E-state index in [-0.39, 0.29) is 0 Å². The molecular weight excluding hydrogens is 200 g/mol. The van der Waals surface area contributed by atoms with Gasteiger partial charge in [0, 0.05) is 19.1 Å². The molecule has 1 aliphatic rings. The molecule has 0 bridgehead atoms. The predicted molar refractivity (Wildman–Crippen MR) is 56.3 cm³/mol. The van der Waals surface area contributed by atoms with E-state index < -0.39 is 10.0 Å². The molecule has 1 heterocycles. The summed E-state index contributed by atoms with van der Waals surface area (Å²) in [6, 6.07) is 0.365. The summed E-state index contributed by atoms with van der Waals surface area (Å²) >= 11 is 0. The van der Waals surface area contributed by atoms with E-state index in [4.69, 9.17) is 6.42 Å². The lowest BCUT2D eigenvalue weighted by Crippen LogP contribution is -2.44.